The van der Waals surface area contributed by atoms with Crippen molar-refractivity contribution in [2.75, 3.05) is 19.0 Å². The number of anilines is 1. The van der Waals surface area contributed by atoms with Gasteiger partial charge in [-0.15, -0.1) is 0 Å². The highest BCUT2D eigenvalue weighted by Gasteiger charge is 1.96. The Bertz CT molecular complexity index is 456. The zero-order valence-electron chi connectivity index (χ0n) is 10.5. The number of ether oxygens (including phenoxy) is 1. The van der Waals surface area contributed by atoms with Crippen LogP contribution in [-0.4, -0.2) is 28.2 Å². The lowest BCUT2D eigenvalue weighted by Gasteiger charge is -2.07. The van der Waals surface area contributed by atoms with E-state index in [0.717, 1.165) is 31.7 Å². The lowest BCUT2D eigenvalue weighted by atomic mass is 10.3. The number of rotatable bonds is 7. The lowest BCUT2D eigenvalue weighted by molar-refractivity contribution is 0.398. The van der Waals surface area contributed by atoms with Crippen molar-refractivity contribution in [2.45, 2.75) is 19.4 Å². The van der Waals surface area contributed by atoms with Crippen molar-refractivity contribution in [1.82, 2.24) is 14.5 Å². The number of aryl methyl sites for hydroxylation is 1. The Morgan fingerprint density at radius 2 is 2.28 bits per heavy atom. The predicted octanol–water partition coefficient (Wildman–Crippen LogP) is 2.18. The molecule has 0 aliphatic rings. The van der Waals surface area contributed by atoms with Gasteiger partial charge in [0, 0.05) is 31.5 Å². The summed E-state index contributed by atoms with van der Waals surface area (Å²) >= 11 is 0. The van der Waals surface area contributed by atoms with E-state index in [-0.39, 0.29) is 0 Å². The Hall–Kier alpha value is -2.04. The maximum Gasteiger partial charge on any atom is 0.214 e. The molecule has 0 saturated heterocycles. The van der Waals surface area contributed by atoms with Crippen LogP contribution in [0, 0.1) is 0 Å². The number of nitrogens with zero attached hydrogens (tertiary/aromatic N) is 3. The number of unbranched alkanes of at least 4 members (excludes halogenated alkanes) is 1. The largest absolute Gasteiger partial charge is 0.481 e. The Morgan fingerprint density at radius 3 is 3.06 bits per heavy atom. The molecule has 0 radical (unpaired) electrons. The van der Waals surface area contributed by atoms with E-state index in [0.29, 0.717) is 5.88 Å². The van der Waals surface area contributed by atoms with Crippen LogP contribution in [0.1, 0.15) is 12.8 Å². The van der Waals surface area contributed by atoms with Crippen molar-refractivity contribution in [3.63, 3.8) is 0 Å². The minimum Gasteiger partial charge on any atom is -0.481 e. The molecule has 5 nitrogen and oxygen atoms in total. The molecule has 2 aromatic heterocycles. The molecule has 0 aliphatic heterocycles. The maximum atomic E-state index is 5.07. The average molecular weight is 246 g/mol. The van der Waals surface area contributed by atoms with Crippen LogP contribution in [0.3, 0.4) is 0 Å². The van der Waals surface area contributed by atoms with Gasteiger partial charge in [-0.2, -0.15) is 4.98 Å². The van der Waals surface area contributed by atoms with Gasteiger partial charge in [-0.1, -0.05) is 6.07 Å². The van der Waals surface area contributed by atoms with Crippen LogP contribution in [0.15, 0.2) is 36.9 Å². The molecule has 0 atom stereocenters. The fourth-order valence-corrected chi connectivity index (χ4v) is 1.68. The normalized spacial score (nSPS) is 10.3. The van der Waals surface area contributed by atoms with Crippen molar-refractivity contribution >= 4 is 5.82 Å². The number of pyridine rings is 1. The van der Waals surface area contributed by atoms with Gasteiger partial charge in [0.15, 0.2) is 0 Å². The topological polar surface area (TPSA) is 52.0 Å². The van der Waals surface area contributed by atoms with Crippen molar-refractivity contribution in [3.05, 3.63) is 36.9 Å². The van der Waals surface area contributed by atoms with Crippen molar-refractivity contribution in [3.8, 4) is 5.88 Å². The van der Waals surface area contributed by atoms with Crippen LogP contribution >= 0.6 is 0 Å². The lowest BCUT2D eigenvalue weighted by Crippen LogP contribution is -2.05. The van der Waals surface area contributed by atoms with E-state index in [2.05, 4.69) is 19.9 Å². The molecule has 2 heterocycles. The smallest absolute Gasteiger partial charge is 0.214 e. The van der Waals surface area contributed by atoms with E-state index in [1.807, 2.05) is 30.7 Å². The minimum atomic E-state index is 0.637. The van der Waals surface area contributed by atoms with E-state index in [9.17, 15) is 0 Å². The fourth-order valence-electron chi connectivity index (χ4n) is 1.68. The van der Waals surface area contributed by atoms with Crippen LogP contribution in [0.5, 0.6) is 5.88 Å². The summed E-state index contributed by atoms with van der Waals surface area (Å²) in [6.45, 7) is 1.92. The molecule has 5 heteroatoms. The molecule has 18 heavy (non-hydrogen) atoms. The van der Waals surface area contributed by atoms with Gasteiger partial charge >= 0.3 is 0 Å². The molecule has 1 N–H and O–H groups in total. The number of hydrogen-bond donors (Lipinski definition) is 1. The Morgan fingerprint density at radius 1 is 1.33 bits per heavy atom. The molecule has 0 spiro atoms. The monoisotopic (exact) mass is 246 g/mol. The molecule has 2 rings (SSSR count). The van der Waals surface area contributed by atoms with Gasteiger partial charge in [-0.05, 0) is 18.9 Å². The van der Waals surface area contributed by atoms with E-state index in [1.54, 1.807) is 13.3 Å². The van der Waals surface area contributed by atoms with E-state index in [1.165, 1.54) is 0 Å². The summed E-state index contributed by atoms with van der Waals surface area (Å²) in [6.07, 6.45) is 7.84. The molecular weight excluding hydrogens is 228 g/mol. The third kappa shape index (κ3) is 3.76. The second-order valence-electron chi connectivity index (χ2n) is 4.00. The van der Waals surface area contributed by atoms with E-state index < -0.39 is 0 Å². The second-order valence-corrected chi connectivity index (χ2v) is 4.00. The standard InChI is InChI=1S/C13H18N4O/c1-18-13-6-4-5-12(16-13)15-7-2-3-9-17-10-8-14-11-17/h4-6,8,10-11H,2-3,7,9H2,1H3,(H,15,16). The summed E-state index contributed by atoms with van der Waals surface area (Å²) in [6, 6.07) is 5.71. The average Bonchev–Trinajstić information content (AvgIpc) is 2.92. The molecule has 2 aromatic rings. The number of hydrogen-bond acceptors (Lipinski definition) is 4. The second kappa shape index (κ2) is 6.64. The summed E-state index contributed by atoms with van der Waals surface area (Å²) < 4.78 is 7.16. The van der Waals surface area contributed by atoms with Gasteiger partial charge in [0.1, 0.15) is 5.82 Å². The molecule has 0 bridgehead atoms. The Labute approximate surface area is 107 Å². The molecule has 0 unspecified atom stereocenters. The highest BCUT2D eigenvalue weighted by molar-refractivity contribution is 5.36. The van der Waals surface area contributed by atoms with Gasteiger partial charge in [-0.25, -0.2) is 4.98 Å². The highest BCUT2D eigenvalue weighted by Crippen LogP contribution is 2.10. The first-order valence-corrected chi connectivity index (χ1v) is 6.09. The zero-order valence-corrected chi connectivity index (χ0v) is 10.5. The van der Waals surface area contributed by atoms with Gasteiger partial charge < -0.3 is 14.6 Å². The first-order chi connectivity index (χ1) is 8.88. The van der Waals surface area contributed by atoms with Crippen molar-refractivity contribution in [2.24, 2.45) is 0 Å². The molecule has 0 saturated carbocycles. The molecule has 0 amide bonds. The van der Waals surface area contributed by atoms with E-state index in [4.69, 9.17) is 4.74 Å². The van der Waals surface area contributed by atoms with Crippen LogP contribution < -0.4 is 10.1 Å². The van der Waals surface area contributed by atoms with Crippen molar-refractivity contribution in [1.29, 1.82) is 0 Å². The van der Waals surface area contributed by atoms with Crippen LogP contribution in [-0.2, 0) is 6.54 Å². The summed E-state index contributed by atoms with van der Waals surface area (Å²) in [4.78, 5) is 8.30. The summed E-state index contributed by atoms with van der Waals surface area (Å²) in [5, 5.41) is 3.28. The number of imidazole rings is 1. The Kier molecular flexibility index (Phi) is 4.58. The fraction of sp³-hybridized carbons (Fsp3) is 0.385. The SMILES string of the molecule is COc1cccc(NCCCCn2ccnc2)n1. The highest BCUT2D eigenvalue weighted by atomic mass is 16.5. The third-order valence-electron chi connectivity index (χ3n) is 2.64. The molecular formula is C13H18N4O. The molecule has 0 aliphatic carbocycles. The summed E-state index contributed by atoms with van der Waals surface area (Å²) in [7, 11) is 1.62. The Balaban J connectivity index is 1.65. The van der Waals surface area contributed by atoms with Gasteiger partial charge in [0.05, 0.1) is 13.4 Å². The van der Waals surface area contributed by atoms with Crippen molar-refractivity contribution < 1.29 is 4.74 Å². The van der Waals surface area contributed by atoms with Crippen LogP contribution in [0.4, 0.5) is 5.82 Å². The molecule has 0 fully saturated rings. The van der Waals surface area contributed by atoms with Gasteiger partial charge in [-0.3, -0.25) is 0 Å². The predicted molar refractivity (Wildman–Crippen MR) is 70.7 cm³/mol. The summed E-state index contributed by atoms with van der Waals surface area (Å²) in [5.41, 5.74) is 0. The van der Waals surface area contributed by atoms with Gasteiger partial charge in [0.2, 0.25) is 5.88 Å². The van der Waals surface area contributed by atoms with E-state index >= 15 is 0 Å². The van der Waals surface area contributed by atoms with Crippen LogP contribution in [0.2, 0.25) is 0 Å². The number of aromatic nitrogens is 3. The first-order valence-electron chi connectivity index (χ1n) is 6.09. The number of nitrogens with one attached hydrogen (secondary N) is 1. The minimum absolute atomic E-state index is 0.637. The number of methoxy groups -OCH3 is 1. The quantitative estimate of drug-likeness (QED) is 0.761. The van der Waals surface area contributed by atoms with Gasteiger partial charge in [0.25, 0.3) is 0 Å². The summed E-state index contributed by atoms with van der Waals surface area (Å²) in [5.74, 6) is 1.50. The molecule has 96 valence electrons. The maximum absolute atomic E-state index is 5.07. The third-order valence-corrected chi connectivity index (χ3v) is 2.64. The molecule has 0 aromatic carbocycles. The van der Waals surface area contributed by atoms with Crippen LogP contribution in [0.25, 0.3) is 0 Å². The first kappa shape index (κ1) is 12.4. The zero-order chi connectivity index (χ0) is 12.6.